The highest BCUT2D eigenvalue weighted by molar-refractivity contribution is 7.21. The van der Waals surface area contributed by atoms with Crippen LogP contribution in [0.25, 0.3) is 10.1 Å². The molecule has 0 bridgehead atoms. The number of hydrogen-bond donors (Lipinski definition) is 1. The fourth-order valence-corrected chi connectivity index (χ4v) is 3.28. The largest absolute Gasteiger partial charge is 0.480 e. The lowest BCUT2D eigenvalue weighted by atomic mass is 10.1. The van der Waals surface area contributed by atoms with E-state index in [0.717, 1.165) is 10.1 Å². The number of hydrogen-bond acceptors (Lipinski definition) is 4. The maximum atomic E-state index is 12.7. The molecule has 0 aliphatic carbocycles. The monoisotopic (exact) mass is 312 g/mol. The average molecular weight is 312 g/mol. The van der Waals surface area contributed by atoms with Crippen molar-refractivity contribution in [1.29, 1.82) is 0 Å². The maximum Gasteiger partial charge on any atom is 0.341 e. The van der Waals surface area contributed by atoms with Crippen molar-refractivity contribution in [1.82, 2.24) is 0 Å². The number of ether oxygens (including phenoxy) is 1. The van der Waals surface area contributed by atoms with E-state index in [1.54, 1.807) is 24.3 Å². The van der Waals surface area contributed by atoms with E-state index < -0.39 is 12.6 Å². The molecule has 3 rings (SSSR count). The number of carbonyl (C=O) groups excluding carboxylic acids is 1. The molecule has 110 valence electrons. The van der Waals surface area contributed by atoms with Gasteiger partial charge in [0, 0.05) is 15.6 Å². The molecule has 0 aliphatic heterocycles. The molecular weight excluding hydrogens is 300 g/mol. The second kappa shape index (κ2) is 5.99. The molecule has 0 fully saturated rings. The van der Waals surface area contributed by atoms with Crippen molar-refractivity contribution in [2.24, 2.45) is 0 Å². The number of ketones is 1. The summed E-state index contributed by atoms with van der Waals surface area (Å²) < 4.78 is 6.28. The molecule has 5 heteroatoms. The summed E-state index contributed by atoms with van der Waals surface area (Å²) in [4.78, 5) is 23.9. The van der Waals surface area contributed by atoms with Crippen LogP contribution in [0, 0.1) is 0 Å². The van der Waals surface area contributed by atoms with Crippen LogP contribution in [0.5, 0.6) is 5.75 Å². The lowest BCUT2D eigenvalue weighted by Crippen LogP contribution is -2.11. The van der Waals surface area contributed by atoms with Gasteiger partial charge in [-0.3, -0.25) is 4.79 Å². The SMILES string of the molecule is O=C(O)COc1c(C(=O)c2ccccc2)sc2ccccc12. The van der Waals surface area contributed by atoms with Crippen molar-refractivity contribution in [3.8, 4) is 5.75 Å². The Morgan fingerprint density at radius 3 is 2.41 bits per heavy atom. The van der Waals surface area contributed by atoms with Crippen LogP contribution in [0.2, 0.25) is 0 Å². The van der Waals surface area contributed by atoms with Crippen molar-refractivity contribution >= 4 is 33.2 Å². The van der Waals surface area contributed by atoms with E-state index in [2.05, 4.69) is 0 Å². The van der Waals surface area contributed by atoms with Crippen LogP contribution in [0.3, 0.4) is 0 Å². The number of thiophene rings is 1. The van der Waals surface area contributed by atoms with E-state index in [-0.39, 0.29) is 5.78 Å². The van der Waals surface area contributed by atoms with Gasteiger partial charge in [-0.15, -0.1) is 11.3 Å². The Balaban J connectivity index is 2.09. The Morgan fingerprint density at radius 1 is 1.00 bits per heavy atom. The molecule has 4 nitrogen and oxygen atoms in total. The van der Waals surface area contributed by atoms with Gasteiger partial charge in [-0.25, -0.2) is 4.79 Å². The fraction of sp³-hybridized carbons (Fsp3) is 0.0588. The Kier molecular flexibility index (Phi) is 3.89. The van der Waals surface area contributed by atoms with Gasteiger partial charge in [-0.05, 0) is 12.1 Å². The smallest absolute Gasteiger partial charge is 0.341 e. The van der Waals surface area contributed by atoms with E-state index in [1.165, 1.54) is 11.3 Å². The molecule has 22 heavy (non-hydrogen) atoms. The number of fused-ring (bicyclic) bond motifs is 1. The molecule has 0 aliphatic rings. The first kappa shape index (κ1) is 14.3. The molecule has 2 aromatic carbocycles. The summed E-state index contributed by atoms with van der Waals surface area (Å²) in [5, 5.41) is 9.58. The number of aliphatic carboxylic acids is 1. The number of carboxylic acids is 1. The van der Waals surface area contributed by atoms with E-state index >= 15 is 0 Å². The first-order valence-electron chi connectivity index (χ1n) is 6.62. The molecule has 0 saturated carbocycles. The van der Waals surface area contributed by atoms with Gasteiger partial charge in [-0.2, -0.15) is 0 Å². The molecule has 0 spiro atoms. The van der Waals surface area contributed by atoms with E-state index in [9.17, 15) is 9.59 Å². The third-order valence-electron chi connectivity index (χ3n) is 3.13. The van der Waals surface area contributed by atoms with Crippen molar-refractivity contribution in [2.75, 3.05) is 6.61 Å². The zero-order valence-electron chi connectivity index (χ0n) is 11.5. The molecule has 0 radical (unpaired) electrons. The highest BCUT2D eigenvalue weighted by atomic mass is 32.1. The van der Waals surface area contributed by atoms with Gasteiger partial charge in [0.05, 0.1) is 0 Å². The molecule has 0 atom stereocenters. The van der Waals surface area contributed by atoms with Crippen LogP contribution in [-0.2, 0) is 4.79 Å². The average Bonchev–Trinajstić information content (AvgIpc) is 2.91. The predicted octanol–water partition coefficient (Wildman–Crippen LogP) is 3.60. The summed E-state index contributed by atoms with van der Waals surface area (Å²) in [6.45, 7) is -0.476. The summed E-state index contributed by atoms with van der Waals surface area (Å²) in [7, 11) is 0. The highest BCUT2D eigenvalue weighted by Gasteiger charge is 2.21. The van der Waals surface area contributed by atoms with Crippen molar-refractivity contribution in [2.45, 2.75) is 0 Å². The summed E-state index contributed by atoms with van der Waals surface area (Å²) >= 11 is 1.31. The molecule has 1 N–H and O–H groups in total. The molecule has 3 aromatic rings. The summed E-state index contributed by atoms with van der Waals surface area (Å²) in [5.74, 6) is -0.896. The minimum atomic E-state index is -1.08. The second-order valence-electron chi connectivity index (χ2n) is 4.63. The Bertz CT molecular complexity index is 836. The minimum Gasteiger partial charge on any atom is -0.480 e. The zero-order chi connectivity index (χ0) is 15.5. The van der Waals surface area contributed by atoms with E-state index in [4.69, 9.17) is 9.84 Å². The summed E-state index contributed by atoms with van der Waals surface area (Å²) in [5.41, 5.74) is 0.550. The molecule has 0 amide bonds. The highest BCUT2D eigenvalue weighted by Crippen LogP contribution is 2.39. The number of benzene rings is 2. The van der Waals surface area contributed by atoms with Gasteiger partial charge in [0.15, 0.2) is 6.61 Å². The quantitative estimate of drug-likeness (QED) is 0.731. The van der Waals surface area contributed by atoms with Crippen LogP contribution < -0.4 is 4.74 Å². The van der Waals surface area contributed by atoms with E-state index in [1.807, 2.05) is 30.3 Å². The summed E-state index contributed by atoms with van der Waals surface area (Å²) in [6.07, 6.45) is 0. The molecule has 0 unspecified atom stereocenters. The Morgan fingerprint density at radius 2 is 1.68 bits per heavy atom. The first-order chi connectivity index (χ1) is 10.7. The third-order valence-corrected chi connectivity index (χ3v) is 4.28. The van der Waals surface area contributed by atoms with Crippen LogP contribution in [0.15, 0.2) is 54.6 Å². The Hall–Kier alpha value is -2.66. The molecular formula is C17H12O4S. The van der Waals surface area contributed by atoms with Crippen LogP contribution in [0.1, 0.15) is 15.2 Å². The van der Waals surface area contributed by atoms with E-state index in [0.29, 0.717) is 16.2 Å². The Labute approximate surface area is 130 Å². The second-order valence-corrected chi connectivity index (χ2v) is 5.69. The maximum absolute atomic E-state index is 12.7. The fourth-order valence-electron chi connectivity index (χ4n) is 2.17. The predicted molar refractivity (Wildman–Crippen MR) is 84.8 cm³/mol. The molecule has 1 aromatic heterocycles. The van der Waals surface area contributed by atoms with Gasteiger partial charge in [0.25, 0.3) is 0 Å². The van der Waals surface area contributed by atoms with Gasteiger partial charge in [0.1, 0.15) is 10.6 Å². The normalized spacial score (nSPS) is 10.5. The van der Waals surface area contributed by atoms with Crippen molar-refractivity contribution < 1.29 is 19.4 Å². The lowest BCUT2D eigenvalue weighted by molar-refractivity contribution is -0.139. The third kappa shape index (κ3) is 2.71. The topological polar surface area (TPSA) is 63.6 Å². The van der Waals surface area contributed by atoms with Crippen LogP contribution >= 0.6 is 11.3 Å². The zero-order valence-corrected chi connectivity index (χ0v) is 12.3. The first-order valence-corrected chi connectivity index (χ1v) is 7.44. The van der Waals surface area contributed by atoms with Gasteiger partial charge in [-0.1, -0.05) is 42.5 Å². The van der Waals surface area contributed by atoms with Crippen molar-refractivity contribution in [3.63, 3.8) is 0 Å². The minimum absolute atomic E-state index is 0.165. The van der Waals surface area contributed by atoms with Crippen molar-refractivity contribution in [3.05, 3.63) is 65.0 Å². The van der Waals surface area contributed by atoms with Gasteiger partial charge < -0.3 is 9.84 Å². The standard InChI is InChI=1S/C17H12O4S/c18-14(19)10-21-16-12-8-4-5-9-13(12)22-17(16)15(20)11-6-2-1-3-7-11/h1-9H,10H2,(H,18,19). The molecule has 1 heterocycles. The number of carbonyl (C=O) groups is 2. The van der Waals surface area contributed by atoms with Gasteiger partial charge >= 0.3 is 5.97 Å². The molecule has 0 saturated heterocycles. The number of carboxylic acid groups (broad SMARTS) is 1. The van der Waals surface area contributed by atoms with Crippen LogP contribution in [0.4, 0.5) is 0 Å². The van der Waals surface area contributed by atoms with Gasteiger partial charge in [0.2, 0.25) is 5.78 Å². The summed E-state index contributed by atoms with van der Waals surface area (Å²) in [6, 6.07) is 16.3. The van der Waals surface area contributed by atoms with Crippen LogP contribution in [-0.4, -0.2) is 23.5 Å². The number of rotatable bonds is 5. The lowest BCUT2D eigenvalue weighted by Gasteiger charge is -2.05.